The lowest BCUT2D eigenvalue weighted by Crippen LogP contribution is -2.48. The topological polar surface area (TPSA) is 65.8 Å². The van der Waals surface area contributed by atoms with Crippen molar-refractivity contribution in [3.63, 3.8) is 0 Å². The fraction of sp³-hybridized carbons (Fsp3) is 0.320. The Labute approximate surface area is 219 Å². The SMILES string of the molecule is O=C(O)c1cn(C2CC2)c2cc(N3CCN(C(=S)SCc4ccc(Br)cc4)CC3)c(F)cc2c1=O. The Hall–Kier alpha value is -2.43. The van der Waals surface area contributed by atoms with Crippen molar-refractivity contribution in [2.45, 2.75) is 24.6 Å². The minimum absolute atomic E-state index is 0.113. The number of aromatic nitrogens is 1. The molecule has 0 spiro atoms. The van der Waals surface area contributed by atoms with E-state index in [4.69, 9.17) is 12.2 Å². The summed E-state index contributed by atoms with van der Waals surface area (Å²) in [6.45, 7) is 2.55. The van der Waals surface area contributed by atoms with Crippen molar-refractivity contribution in [1.82, 2.24) is 9.47 Å². The average Bonchev–Trinajstić information content (AvgIpc) is 3.69. The van der Waals surface area contributed by atoms with E-state index in [1.165, 1.54) is 17.8 Å². The lowest BCUT2D eigenvalue weighted by Gasteiger charge is -2.37. The molecular formula is C25H23BrFN3O3S2. The number of anilines is 1. The summed E-state index contributed by atoms with van der Waals surface area (Å²) in [7, 11) is 0. The summed E-state index contributed by atoms with van der Waals surface area (Å²) < 4.78 is 18.9. The third-order valence-corrected chi connectivity index (χ3v) is 8.55. The molecule has 2 heterocycles. The monoisotopic (exact) mass is 575 g/mol. The average molecular weight is 577 g/mol. The second-order valence-electron chi connectivity index (χ2n) is 8.79. The van der Waals surface area contributed by atoms with Crippen LogP contribution in [-0.4, -0.2) is 51.0 Å². The molecule has 0 unspecified atom stereocenters. The van der Waals surface area contributed by atoms with Crippen molar-refractivity contribution in [2.24, 2.45) is 0 Å². The third kappa shape index (κ3) is 5.10. The van der Waals surface area contributed by atoms with Gasteiger partial charge in [0.25, 0.3) is 0 Å². The van der Waals surface area contributed by atoms with Crippen molar-refractivity contribution in [3.05, 3.63) is 74.2 Å². The number of benzene rings is 2. The Balaban J connectivity index is 1.32. The summed E-state index contributed by atoms with van der Waals surface area (Å²) >= 11 is 10.7. The van der Waals surface area contributed by atoms with Gasteiger partial charge in [-0.3, -0.25) is 4.79 Å². The van der Waals surface area contributed by atoms with Gasteiger partial charge in [-0.2, -0.15) is 0 Å². The molecule has 1 saturated heterocycles. The van der Waals surface area contributed by atoms with Gasteiger partial charge in [0, 0.05) is 54.0 Å². The van der Waals surface area contributed by atoms with Gasteiger partial charge in [-0.05, 0) is 42.7 Å². The molecule has 1 N–H and O–H groups in total. The van der Waals surface area contributed by atoms with Crippen LogP contribution in [0.15, 0.2) is 51.9 Å². The Morgan fingerprint density at radius 1 is 1.14 bits per heavy atom. The fourth-order valence-electron chi connectivity index (χ4n) is 4.36. The van der Waals surface area contributed by atoms with Crippen LogP contribution in [0.2, 0.25) is 0 Å². The highest BCUT2D eigenvalue weighted by molar-refractivity contribution is 9.10. The number of thiocarbonyl (C=S) groups is 1. The van der Waals surface area contributed by atoms with E-state index in [9.17, 15) is 14.7 Å². The molecule has 2 aromatic carbocycles. The minimum atomic E-state index is -1.29. The van der Waals surface area contributed by atoms with E-state index < -0.39 is 17.2 Å². The molecule has 1 aliphatic carbocycles. The van der Waals surface area contributed by atoms with Crippen LogP contribution in [0.4, 0.5) is 10.1 Å². The van der Waals surface area contributed by atoms with Gasteiger partial charge in [-0.15, -0.1) is 0 Å². The number of nitrogens with zero attached hydrogens (tertiary/aromatic N) is 3. The molecule has 35 heavy (non-hydrogen) atoms. The van der Waals surface area contributed by atoms with Gasteiger partial charge in [0.15, 0.2) is 0 Å². The number of pyridine rings is 1. The molecule has 1 aromatic heterocycles. The van der Waals surface area contributed by atoms with Gasteiger partial charge in [-0.25, -0.2) is 9.18 Å². The van der Waals surface area contributed by atoms with E-state index in [2.05, 4.69) is 33.0 Å². The van der Waals surface area contributed by atoms with Crippen molar-refractivity contribution in [1.29, 1.82) is 0 Å². The number of carboxylic acids is 1. The molecule has 0 amide bonds. The number of aromatic carboxylic acids is 1. The summed E-state index contributed by atoms with van der Waals surface area (Å²) in [6, 6.07) is 11.2. The number of fused-ring (bicyclic) bond motifs is 1. The first-order valence-electron chi connectivity index (χ1n) is 11.3. The van der Waals surface area contributed by atoms with Crippen molar-refractivity contribution in [3.8, 4) is 0 Å². The first-order chi connectivity index (χ1) is 16.8. The molecule has 0 atom stereocenters. The second kappa shape index (κ2) is 9.91. The molecular weight excluding hydrogens is 553 g/mol. The highest BCUT2D eigenvalue weighted by Crippen LogP contribution is 2.38. The Morgan fingerprint density at radius 3 is 2.46 bits per heavy atom. The van der Waals surface area contributed by atoms with E-state index >= 15 is 4.39 Å². The molecule has 2 fully saturated rings. The third-order valence-electron chi connectivity index (χ3n) is 6.43. The molecule has 3 aromatic rings. The quantitative estimate of drug-likeness (QED) is 0.415. The molecule has 2 aliphatic rings. The van der Waals surface area contributed by atoms with Crippen LogP contribution >= 0.6 is 39.9 Å². The maximum atomic E-state index is 15.2. The minimum Gasteiger partial charge on any atom is -0.477 e. The van der Waals surface area contributed by atoms with Gasteiger partial charge in [0.05, 0.1) is 11.2 Å². The van der Waals surface area contributed by atoms with Crippen molar-refractivity contribution >= 4 is 66.8 Å². The van der Waals surface area contributed by atoms with Crippen molar-refractivity contribution < 1.29 is 14.3 Å². The summed E-state index contributed by atoms with van der Waals surface area (Å²) in [5.74, 6) is -1.01. The largest absolute Gasteiger partial charge is 0.477 e. The van der Waals surface area contributed by atoms with Crippen LogP contribution in [0.3, 0.4) is 0 Å². The molecule has 1 saturated carbocycles. The predicted molar refractivity (Wildman–Crippen MR) is 145 cm³/mol. The van der Waals surface area contributed by atoms with Gasteiger partial charge in [0.1, 0.15) is 15.7 Å². The Morgan fingerprint density at radius 2 is 1.83 bits per heavy atom. The zero-order chi connectivity index (χ0) is 24.7. The van der Waals surface area contributed by atoms with Crippen LogP contribution in [-0.2, 0) is 5.75 Å². The number of carboxylic acid groups (broad SMARTS) is 1. The molecule has 1 aliphatic heterocycles. The number of carbonyl (C=O) groups is 1. The molecule has 182 valence electrons. The summed E-state index contributed by atoms with van der Waals surface area (Å²) in [5, 5.41) is 9.54. The summed E-state index contributed by atoms with van der Waals surface area (Å²) in [6.07, 6.45) is 3.24. The van der Waals surface area contributed by atoms with Crippen LogP contribution in [0, 0.1) is 5.82 Å². The van der Waals surface area contributed by atoms with Gasteiger partial charge >= 0.3 is 5.97 Å². The number of thioether (sulfide) groups is 1. The van der Waals surface area contributed by atoms with Gasteiger partial charge in [-0.1, -0.05) is 52.0 Å². The Kier molecular flexibility index (Phi) is 6.87. The summed E-state index contributed by atoms with van der Waals surface area (Å²) in [5.41, 5.74) is 1.25. The zero-order valence-corrected chi connectivity index (χ0v) is 22.0. The van der Waals surface area contributed by atoms with Gasteiger partial charge < -0.3 is 19.5 Å². The lowest BCUT2D eigenvalue weighted by atomic mass is 10.1. The van der Waals surface area contributed by atoms with E-state index in [1.54, 1.807) is 17.8 Å². The molecule has 5 rings (SSSR count). The maximum Gasteiger partial charge on any atom is 0.341 e. The molecule has 0 bridgehead atoms. The van der Waals surface area contributed by atoms with Gasteiger partial charge in [0.2, 0.25) is 5.43 Å². The normalized spacial score (nSPS) is 16.1. The number of rotatable bonds is 5. The van der Waals surface area contributed by atoms with E-state index in [0.29, 0.717) is 37.4 Å². The molecule has 0 radical (unpaired) electrons. The molecule has 6 nitrogen and oxygen atoms in total. The number of halogens is 2. The highest BCUT2D eigenvalue weighted by atomic mass is 79.9. The standard InChI is InChI=1S/C25H23BrFN3O3S2/c26-16-3-1-15(2-4-16)14-35-25(34)29-9-7-28(8-10-29)22-12-21-18(11-20(22)27)23(31)19(24(32)33)13-30(21)17-5-6-17/h1-4,11-13,17H,5-10,14H2,(H,32,33). The zero-order valence-electron chi connectivity index (χ0n) is 18.7. The number of hydrogen-bond donors (Lipinski definition) is 1. The van der Waals surface area contributed by atoms with Crippen molar-refractivity contribution in [2.75, 3.05) is 31.1 Å². The summed E-state index contributed by atoms with van der Waals surface area (Å²) in [4.78, 5) is 28.4. The smallest absolute Gasteiger partial charge is 0.341 e. The first kappa shape index (κ1) is 24.3. The number of piperazine rings is 1. The molecule has 10 heteroatoms. The first-order valence-corrected chi connectivity index (χ1v) is 13.5. The van der Waals surface area contributed by atoms with E-state index in [-0.39, 0.29) is 17.0 Å². The van der Waals surface area contributed by atoms with E-state index in [0.717, 1.165) is 27.4 Å². The maximum absolute atomic E-state index is 15.2. The van der Waals surface area contributed by atoms with Crippen LogP contribution in [0.5, 0.6) is 0 Å². The van der Waals surface area contributed by atoms with Crippen LogP contribution in [0.1, 0.15) is 34.8 Å². The highest BCUT2D eigenvalue weighted by Gasteiger charge is 2.28. The van der Waals surface area contributed by atoms with Crippen LogP contribution in [0.25, 0.3) is 10.9 Å². The Bertz CT molecular complexity index is 1370. The lowest BCUT2D eigenvalue weighted by molar-refractivity contribution is 0.0695. The fourth-order valence-corrected chi connectivity index (χ4v) is 5.83. The van der Waals surface area contributed by atoms with E-state index in [1.807, 2.05) is 21.6 Å². The van der Waals surface area contributed by atoms with Crippen LogP contribution < -0.4 is 10.3 Å². The predicted octanol–water partition coefficient (Wildman–Crippen LogP) is 5.28. The number of hydrogen-bond acceptors (Lipinski definition) is 5. The second-order valence-corrected chi connectivity index (χ2v) is 11.3.